The van der Waals surface area contributed by atoms with Crippen LogP contribution in [0.2, 0.25) is 0 Å². The van der Waals surface area contributed by atoms with Gasteiger partial charge < -0.3 is 14.9 Å². The quantitative estimate of drug-likeness (QED) is 0.577. The lowest BCUT2D eigenvalue weighted by atomic mass is 9.73. The van der Waals surface area contributed by atoms with Crippen molar-refractivity contribution in [2.75, 3.05) is 14.2 Å². The summed E-state index contributed by atoms with van der Waals surface area (Å²) in [5.74, 6) is 0.390. The van der Waals surface area contributed by atoms with Crippen LogP contribution in [0.4, 0.5) is 0 Å². The maximum atomic E-state index is 10.6. The fourth-order valence-corrected chi connectivity index (χ4v) is 4.40. The second-order valence-corrected chi connectivity index (χ2v) is 8.39. The third-order valence-corrected chi connectivity index (χ3v) is 6.13. The van der Waals surface area contributed by atoms with Crippen molar-refractivity contribution in [3.8, 4) is 11.1 Å². The second-order valence-electron chi connectivity index (χ2n) is 8.39. The smallest absolute Gasteiger partial charge is 0.0867 e. The Kier molecular flexibility index (Phi) is 10.2. The molecule has 0 saturated heterocycles. The van der Waals surface area contributed by atoms with Gasteiger partial charge in [-0.15, -0.1) is 0 Å². The zero-order valence-corrected chi connectivity index (χ0v) is 19.4. The highest BCUT2D eigenvalue weighted by molar-refractivity contribution is 5.68. The van der Waals surface area contributed by atoms with Crippen molar-refractivity contribution in [2.45, 2.75) is 51.7 Å². The van der Waals surface area contributed by atoms with E-state index in [1.54, 1.807) is 14.2 Å². The highest BCUT2D eigenvalue weighted by atomic mass is 16.4. The van der Waals surface area contributed by atoms with E-state index in [1.165, 1.54) is 22.3 Å². The molecule has 0 aliphatic heterocycles. The van der Waals surface area contributed by atoms with Crippen molar-refractivity contribution in [3.05, 3.63) is 84.0 Å². The Morgan fingerprint density at radius 2 is 1.71 bits per heavy atom. The Labute approximate surface area is 188 Å². The van der Waals surface area contributed by atoms with Crippen LogP contribution in [0, 0.1) is 11.8 Å². The van der Waals surface area contributed by atoms with E-state index in [1.807, 2.05) is 12.1 Å². The van der Waals surface area contributed by atoms with Crippen LogP contribution in [0.5, 0.6) is 0 Å². The third kappa shape index (κ3) is 6.90. The van der Waals surface area contributed by atoms with E-state index in [0.29, 0.717) is 12.3 Å². The van der Waals surface area contributed by atoms with E-state index < -0.39 is 12.2 Å². The van der Waals surface area contributed by atoms with Crippen molar-refractivity contribution in [3.63, 3.8) is 0 Å². The van der Waals surface area contributed by atoms with Crippen molar-refractivity contribution >= 4 is 0 Å². The van der Waals surface area contributed by atoms with Crippen molar-refractivity contribution in [1.82, 2.24) is 0 Å². The number of methoxy groups -OCH3 is 1. The molecule has 0 aromatic carbocycles. The number of aliphatic hydroxyl groups excluding tert-OH is 2. The third-order valence-electron chi connectivity index (χ3n) is 6.13. The zero-order chi connectivity index (χ0) is 22.8. The molecule has 3 aliphatic carbocycles. The largest absolute Gasteiger partial charge is 0.390 e. The van der Waals surface area contributed by atoms with Gasteiger partial charge in [-0.3, -0.25) is 0 Å². The van der Waals surface area contributed by atoms with E-state index in [4.69, 9.17) is 0 Å². The molecule has 4 unspecified atom stereocenters. The highest BCUT2D eigenvalue weighted by Crippen LogP contribution is 2.37. The molecule has 3 aliphatic rings. The minimum absolute atomic E-state index is 0.0565. The van der Waals surface area contributed by atoms with Gasteiger partial charge in [0.05, 0.1) is 12.2 Å². The number of ether oxygens (including phenoxy) is 1. The average molecular weight is 423 g/mol. The molecule has 0 aromatic heterocycles. The summed E-state index contributed by atoms with van der Waals surface area (Å²) < 4.78 is 4.25. The molecule has 0 radical (unpaired) electrons. The number of allylic oxidation sites excluding steroid dienone is 4. The molecule has 0 heterocycles. The summed E-state index contributed by atoms with van der Waals surface area (Å²) in [5.41, 5.74) is 6.01. The molecule has 0 aromatic rings. The highest BCUT2D eigenvalue weighted by Gasteiger charge is 2.36. The van der Waals surface area contributed by atoms with Gasteiger partial charge in [-0.2, -0.15) is 0 Å². The molecule has 31 heavy (non-hydrogen) atoms. The summed E-state index contributed by atoms with van der Waals surface area (Å²) in [6.45, 7) is 8.20. The molecule has 3 rings (SSSR count). The van der Waals surface area contributed by atoms with Gasteiger partial charge in [-0.25, -0.2) is 0 Å². The molecular formula is C28H38O3. The van der Waals surface area contributed by atoms with Crippen LogP contribution in [-0.4, -0.2) is 36.6 Å². The monoisotopic (exact) mass is 422 g/mol. The van der Waals surface area contributed by atoms with E-state index in [2.05, 4.69) is 73.7 Å². The summed E-state index contributed by atoms with van der Waals surface area (Å²) in [4.78, 5) is 0. The van der Waals surface area contributed by atoms with E-state index in [-0.39, 0.29) is 5.92 Å². The van der Waals surface area contributed by atoms with Crippen molar-refractivity contribution in [1.29, 1.82) is 0 Å². The number of hydrogen-bond acceptors (Lipinski definition) is 3. The molecule has 1 fully saturated rings. The van der Waals surface area contributed by atoms with Gasteiger partial charge in [0.1, 0.15) is 0 Å². The second kappa shape index (κ2) is 12.6. The molecular weight excluding hydrogens is 384 g/mol. The summed E-state index contributed by atoms with van der Waals surface area (Å²) in [6, 6.07) is 15.0. The summed E-state index contributed by atoms with van der Waals surface area (Å²) in [6.07, 6.45) is 8.23. The molecule has 2 N–H and O–H groups in total. The molecule has 168 valence electrons. The number of hydrogen-bond donors (Lipinski definition) is 2. The molecule has 3 nitrogen and oxygen atoms in total. The lowest BCUT2D eigenvalue weighted by Gasteiger charge is -2.37. The van der Waals surface area contributed by atoms with Crippen LogP contribution in [0.3, 0.4) is 0 Å². The summed E-state index contributed by atoms with van der Waals surface area (Å²) in [5, 5.41) is 20.9. The van der Waals surface area contributed by atoms with E-state index in [9.17, 15) is 10.2 Å². The first-order valence-electron chi connectivity index (χ1n) is 11.2. The van der Waals surface area contributed by atoms with E-state index >= 15 is 0 Å². The Balaban J connectivity index is 0.00000107. The van der Waals surface area contributed by atoms with Gasteiger partial charge in [0.15, 0.2) is 0 Å². The lowest BCUT2D eigenvalue weighted by Crippen LogP contribution is -2.41. The minimum Gasteiger partial charge on any atom is -0.390 e. The van der Waals surface area contributed by atoms with Gasteiger partial charge in [0, 0.05) is 20.1 Å². The topological polar surface area (TPSA) is 49.7 Å². The van der Waals surface area contributed by atoms with Gasteiger partial charge in [0.25, 0.3) is 0 Å². The van der Waals surface area contributed by atoms with Crippen molar-refractivity contribution in [2.24, 2.45) is 11.8 Å². The summed E-state index contributed by atoms with van der Waals surface area (Å²) in [7, 11) is 3.25. The Morgan fingerprint density at radius 1 is 1.10 bits per heavy atom. The SMILES string of the molecule is C=C/C(=C\C(=C/C)Cc1cc2cccccc-2c1)C1CC(CC)CC(O)C1O.COC. The number of fused-ring (bicyclic) bond motifs is 1. The van der Waals surface area contributed by atoms with Crippen LogP contribution in [0.1, 0.15) is 38.7 Å². The first kappa shape index (κ1) is 25.1. The fourth-order valence-electron chi connectivity index (χ4n) is 4.40. The van der Waals surface area contributed by atoms with E-state index in [0.717, 1.165) is 24.8 Å². The molecule has 1 saturated carbocycles. The molecule has 0 bridgehead atoms. The van der Waals surface area contributed by atoms with Crippen LogP contribution in [-0.2, 0) is 11.2 Å². The van der Waals surface area contributed by atoms with Gasteiger partial charge >= 0.3 is 0 Å². The average Bonchev–Trinajstić information content (AvgIpc) is 3.01. The number of aliphatic hydroxyl groups is 2. The molecule has 3 heteroatoms. The maximum Gasteiger partial charge on any atom is 0.0867 e. The predicted molar refractivity (Wildman–Crippen MR) is 130 cm³/mol. The first-order valence-corrected chi connectivity index (χ1v) is 11.2. The number of rotatable bonds is 6. The summed E-state index contributed by atoms with van der Waals surface area (Å²) >= 11 is 0. The fraction of sp³-hybridized carbons (Fsp3) is 0.429. The predicted octanol–water partition coefficient (Wildman–Crippen LogP) is 5.81. The Morgan fingerprint density at radius 3 is 2.23 bits per heavy atom. The first-order chi connectivity index (χ1) is 15.0. The Bertz CT molecular complexity index is 820. The standard InChI is InChI=1S/C26H32O2.C2H6O/c1-4-18(12-20-14-22-10-8-7-9-11-23(22)15-20)13-21(6-3)24-16-19(5-2)17-25(27)26(24)28;1-3-2/h4,6-11,13-15,19,24-28H,3,5,12,16-17H2,1-2H3;1-2H3/b18-4-,21-13+;. The van der Waals surface area contributed by atoms with Gasteiger partial charge in [-0.1, -0.05) is 80.6 Å². The van der Waals surface area contributed by atoms with Crippen LogP contribution < -0.4 is 0 Å². The van der Waals surface area contributed by atoms with Crippen LogP contribution in [0.15, 0.2) is 78.4 Å². The lowest BCUT2D eigenvalue weighted by molar-refractivity contribution is -0.0510. The zero-order valence-electron chi connectivity index (χ0n) is 19.4. The minimum atomic E-state index is -0.716. The molecule has 4 atom stereocenters. The van der Waals surface area contributed by atoms with Crippen molar-refractivity contribution < 1.29 is 14.9 Å². The maximum absolute atomic E-state index is 10.6. The van der Waals surface area contributed by atoms with Gasteiger partial charge in [-0.05, 0) is 59.9 Å². The van der Waals surface area contributed by atoms with Crippen LogP contribution >= 0.6 is 0 Å². The molecule has 0 amide bonds. The molecule has 0 spiro atoms. The van der Waals surface area contributed by atoms with Crippen LogP contribution in [0.25, 0.3) is 11.1 Å². The Hall–Kier alpha value is -2.20. The normalized spacial score (nSPS) is 24.5. The van der Waals surface area contributed by atoms with Gasteiger partial charge in [0.2, 0.25) is 0 Å².